The molecule has 0 aliphatic carbocycles. The second-order valence-electron chi connectivity index (χ2n) is 5.38. The van der Waals surface area contributed by atoms with E-state index in [1.807, 2.05) is 31.3 Å². The molecule has 1 aromatic carbocycles. The molecule has 3 rings (SSSR count). The number of nitrogens with zero attached hydrogens (tertiary/aromatic N) is 3. The second kappa shape index (κ2) is 7.46. The lowest BCUT2D eigenvalue weighted by Gasteiger charge is -2.23. The zero-order valence-electron chi connectivity index (χ0n) is 12.6. The summed E-state index contributed by atoms with van der Waals surface area (Å²) in [5.41, 5.74) is 1.12. The van der Waals surface area contributed by atoms with Gasteiger partial charge in [0.1, 0.15) is 19.6 Å². The molecule has 0 atom stereocenters. The molecule has 1 N–H and O–H groups in total. The number of nitrogens with one attached hydrogen (secondary N) is 1. The van der Waals surface area contributed by atoms with Gasteiger partial charge in [-0.3, -0.25) is 0 Å². The Balaban J connectivity index is 1.62. The van der Waals surface area contributed by atoms with Crippen molar-refractivity contribution in [2.75, 3.05) is 26.3 Å². The summed E-state index contributed by atoms with van der Waals surface area (Å²) in [5.74, 6) is 1.83. The van der Waals surface area contributed by atoms with Crippen LogP contribution >= 0.6 is 23.4 Å². The van der Waals surface area contributed by atoms with E-state index in [-0.39, 0.29) is 0 Å². The Kier molecular flexibility index (Phi) is 5.36. The summed E-state index contributed by atoms with van der Waals surface area (Å²) in [7, 11) is 2.03. The fraction of sp³-hybridized carbons (Fsp3) is 0.467. The number of halogens is 1. The lowest BCUT2D eigenvalue weighted by Crippen LogP contribution is -3.12. The van der Waals surface area contributed by atoms with Crippen LogP contribution in [0.4, 0.5) is 0 Å². The molecule has 1 fully saturated rings. The van der Waals surface area contributed by atoms with Crippen LogP contribution in [0.3, 0.4) is 0 Å². The van der Waals surface area contributed by atoms with Crippen molar-refractivity contribution >= 4 is 23.4 Å². The average molecular weight is 340 g/mol. The molecule has 0 amide bonds. The van der Waals surface area contributed by atoms with Gasteiger partial charge in [-0.25, -0.2) is 0 Å². The second-order valence-corrected chi connectivity index (χ2v) is 6.73. The van der Waals surface area contributed by atoms with Crippen LogP contribution in [0.1, 0.15) is 11.4 Å². The maximum Gasteiger partial charge on any atom is 0.191 e. The first-order valence-electron chi connectivity index (χ1n) is 7.40. The first kappa shape index (κ1) is 15.8. The highest BCUT2D eigenvalue weighted by Crippen LogP contribution is 2.25. The molecule has 0 spiro atoms. The topological polar surface area (TPSA) is 44.4 Å². The van der Waals surface area contributed by atoms with Gasteiger partial charge in [0, 0.05) is 17.8 Å². The van der Waals surface area contributed by atoms with E-state index in [2.05, 4.69) is 14.8 Å². The van der Waals surface area contributed by atoms with Gasteiger partial charge in [-0.1, -0.05) is 41.6 Å². The highest BCUT2D eigenvalue weighted by Gasteiger charge is 2.18. The molecule has 2 heterocycles. The summed E-state index contributed by atoms with van der Waals surface area (Å²) in [4.78, 5) is 1.50. The molecule has 2 aromatic rings. The van der Waals surface area contributed by atoms with Crippen LogP contribution < -0.4 is 4.90 Å². The zero-order valence-corrected chi connectivity index (χ0v) is 14.2. The van der Waals surface area contributed by atoms with Crippen molar-refractivity contribution in [3.8, 4) is 0 Å². The van der Waals surface area contributed by atoms with Crippen LogP contribution in [0.25, 0.3) is 0 Å². The number of hydrogen-bond donors (Lipinski definition) is 1. The molecule has 22 heavy (non-hydrogen) atoms. The van der Waals surface area contributed by atoms with Crippen molar-refractivity contribution < 1.29 is 9.64 Å². The molecule has 1 aliphatic heterocycles. The number of morpholine rings is 1. The van der Waals surface area contributed by atoms with Crippen LogP contribution in [0.5, 0.6) is 0 Å². The van der Waals surface area contributed by atoms with Gasteiger partial charge in [0.15, 0.2) is 11.0 Å². The van der Waals surface area contributed by atoms with E-state index in [0.29, 0.717) is 0 Å². The van der Waals surface area contributed by atoms with Gasteiger partial charge < -0.3 is 14.2 Å². The normalized spacial score (nSPS) is 16.1. The van der Waals surface area contributed by atoms with Crippen molar-refractivity contribution in [3.05, 3.63) is 40.7 Å². The minimum absolute atomic E-state index is 0.801. The minimum Gasteiger partial charge on any atom is -0.370 e. The molecular weight excluding hydrogens is 320 g/mol. The summed E-state index contributed by atoms with van der Waals surface area (Å²) in [5, 5.41) is 10.4. The van der Waals surface area contributed by atoms with E-state index < -0.39 is 0 Å². The summed E-state index contributed by atoms with van der Waals surface area (Å²) < 4.78 is 7.48. The molecule has 5 nitrogen and oxygen atoms in total. The van der Waals surface area contributed by atoms with E-state index in [1.165, 1.54) is 4.90 Å². The predicted octanol–water partition coefficient (Wildman–Crippen LogP) is 1.18. The van der Waals surface area contributed by atoms with Crippen molar-refractivity contribution in [1.82, 2.24) is 14.8 Å². The highest BCUT2D eigenvalue weighted by atomic mass is 35.5. The Morgan fingerprint density at radius 1 is 1.27 bits per heavy atom. The number of rotatable bonds is 5. The zero-order chi connectivity index (χ0) is 15.4. The van der Waals surface area contributed by atoms with Gasteiger partial charge in [0.05, 0.1) is 13.2 Å². The predicted molar refractivity (Wildman–Crippen MR) is 87.2 cm³/mol. The quantitative estimate of drug-likeness (QED) is 0.831. The number of quaternary nitrogens is 1. The van der Waals surface area contributed by atoms with E-state index in [1.54, 1.807) is 11.8 Å². The largest absolute Gasteiger partial charge is 0.370 e. The van der Waals surface area contributed by atoms with Crippen LogP contribution in [-0.4, -0.2) is 41.1 Å². The standard InChI is InChI=1S/C15H19ClN4OS/c1-19-14(10-20-6-8-21-9-7-20)17-18-15(19)22-11-12-4-2-3-5-13(12)16/h2-5H,6-11H2,1H3/p+1. The van der Waals surface area contributed by atoms with E-state index in [4.69, 9.17) is 16.3 Å². The molecule has 1 saturated heterocycles. The van der Waals surface area contributed by atoms with E-state index in [0.717, 1.165) is 60.2 Å². The number of ether oxygens (including phenoxy) is 1. The Hall–Kier alpha value is -1.08. The Morgan fingerprint density at radius 3 is 2.82 bits per heavy atom. The fourth-order valence-corrected chi connectivity index (χ4v) is 3.66. The summed E-state index contributed by atoms with van der Waals surface area (Å²) >= 11 is 7.86. The minimum atomic E-state index is 0.801. The first-order valence-corrected chi connectivity index (χ1v) is 8.76. The maximum atomic E-state index is 6.19. The van der Waals surface area contributed by atoms with Gasteiger partial charge >= 0.3 is 0 Å². The molecule has 1 aromatic heterocycles. The van der Waals surface area contributed by atoms with Crippen LogP contribution in [0.2, 0.25) is 5.02 Å². The highest BCUT2D eigenvalue weighted by molar-refractivity contribution is 7.98. The van der Waals surface area contributed by atoms with Gasteiger partial charge in [-0.15, -0.1) is 10.2 Å². The summed E-state index contributed by atoms with van der Waals surface area (Å²) in [6.07, 6.45) is 0. The molecular formula is C15H20ClN4OS+. The van der Waals surface area contributed by atoms with E-state index in [9.17, 15) is 0 Å². The molecule has 118 valence electrons. The van der Waals surface area contributed by atoms with Crippen LogP contribution in [0.15, 0.2) is 29.4 Å². The Morgan fingerprint density at radius 2 is 2.05 bits per heavy atom. The Bertz CT molecular complexity index is 628. The Labute approximate surface area is 139 Å². The van der Waals surface area contributed by atoms with Gasteiger partial charge in [0.2, 0.25) is 0 Å². The average Bonchev–Trinajstić information content (AvgIpc) is 2.88. The molecule has 7 heteroatoms. The lowest BCUT2D eigenvalue weighted by atomic mass is 10.2. The van der Waals surface area contributed by atoms with Crippen LogP contribution in [-0.2, 0) is 24.1 Å². The van der Waals surface area contributed by atoms with Crippen molar-refractivity contribution in [3.63, 3.8) is 0 Å². The third-order valence-electron chi connectivity index (χ3n) is 3.85. The summed E-state index contributed by atoms with van der Waals surface area (Å²) in [6.45, 7) is 4.64. The molecule has 0 saturated carbocycles. The van der Waals surface area contributed by atoms with Crippen molar-refractivity contribution in [1.29, 1.82) is 0 Å². The summed E-state index contributed by atoms with van der Waals surface area (Å²) in [6, 6.07) is 7.92. The maximum absolute atomic E-state index is 6.19. The number of hydrogen-bond acceptors (Lipinski definition) is 4. The fourth-order valence-electron chi connectivity index (χ4n) is 2.44. The monoisotopic (exact) mass is 339 g/mol. The smallest absolute Gasteiger partial charge is 0.191 e. The third kappa shape index (κ3) is 3.81. The van der Waals surface area contributed by atoms with E-state index >= 15 is 0 Å². The van der Waals surface area contributed by atoms with Gasteiger partial charge in [0.25, 0.3) is 0 Å². The molecule has 0 unspecified atom stereocenters. The van der Waals surface area contributed by atoms with Gasteiger partial charge in [-0.05, 0) is 11.6 Å². The molecule has 1 aliphatic rings. The first-order chi connectivity index (χ1) is 10.7. The van der Waals surface area contributed by atoms with Crippen LogP contribution in [0, 0.1) is 0 Å². The SMILES string of the molecule is Cn1c(C[NH+]2CCOCC2)nnc1SCc1ccccc1Cl. The number of aromatic nitrogens is 3. The number of thioether (sulfide) groups is 1. The lowest BCUT2D eigenvalue weighted by molar-refractivity contribution is -0.922. The van der Waals surface area contributed by atoms with Crippen molar-refractivity contribution in [2.45, 2.75) is 17.5 Å². The van der Waals surface area contributed by atoms with Gasteiger partial charge in [-0.2, -0.15) is 0 Å². The van der Waals surface area contributed by atoms with Crippen molar-refractivity contribution in [2.24, 2.45) is 7.05 Å². The molecule has 0 bridgehead atoms. The third-order valence-corrected chi connectivity index (χ3v) is 5.29. The number of benzene rings is 1. The molecule has 0 radical (unpaired) electrons.